The zero-order chi connectivity index (χ0) is 11.5. The molecule has 3 heteroatoms. The lowest BCUT2D eigenvalue weighted by atomic mass is 9.90. The van der Waals surface area contributed by atoms with Crippen LogP contribution in [0.3, 0.4) is 0 Å². The van der Waals surface area contributed by atoms with Crippen LogP contribution in [0.15, 0.2) is 30.3 Å². The average molecular weight is 221 g/mol. The Morgan fingerprint density at radius 3 is 2.25 bits per heavy atom. The van der Waals surface area contributed by atoms with Crippen molar-refractivity contribution in [3.63, 3.8) is 0 Å². The third-order valence-corrected chi connectivity index (χ3v) is 3.46. The second-order valence-corrected chi connectivity index (χ2v) is 4.64. The highest BCUT2D eigenvalue weighted by molar-refractivity contribution is 5.16. The third-order valence-electron chi connectivity index (χ3n) is 3.46. The lowest BCUT2D eigenvalue weighted by Crippen LogP contribution is -2.41. The van der Waals surface area contributed by atoms with E-state index in [1.807, 2.05) is 30.3 Å². The van der Waals surface area contributed by atoms with E-state index in [1.54, 1.807) is 0 Å². The molecule has 2 rings (SSSR count). The van der Waals surface area contributed by atoms with Crippen LogP contribution in [0, 0.1) is 5.92 Å². The fraction of sp³-hybridized carbons (Fsp3) is 0.538. The molecule has 1 aromatic carbocycles. The predicted octanol–water partition coefficient (Wildman–Crippen LogP) is 0.688. The first kappa shape index (κ1) is 11.6. The minimum Gasteiger partial charge on any atom is -0.393 e. The summed E-state index contributed by atoms with van der Waals surface area (Å²) in [5.74, 6) is -0.180. The average Bonchev–Trinajstić information content (AvgIpc) is 2.60. The van der Waals surface area contributed by atoms with Crippen LogP contribution < -0.4 is 5.73 Å². The van der Waals surface area contributed by atoms with Crippen molar-refractivity contribution in [2.75, 3.05) is 0 Å². The van der Waals surface area contributed by atoms with Gasteiger partial charge in [-0.2, -0.15) is 0 Å². The van der Waals surface area contributed by atoms with Crippen LogP contribution in [-0.4, -0.2) is 28.5 Å². The highest BCUT2D eigenvalue weighted by atomic mass is 16.3. The fourth-order valence-corrected chi connectivity index (χ4v) is 2.58. The summed E-state index contributed by atoms with van der Waals surface area (Å²) in [6.07, 6.45) is 1.13. The quantitative estimate of drug-likeness (QED) is 0.703. The van der Waals surface area contributed by atoms with E-state index >= 15 is 0 Å². The molecule has 1 aromatic rings. The molecule has 88 valence electrons. The SMILES string of the molecule is N[C@H](Cc1ccccc1)C1C(O)CCC1O. The third kappa shape index (κ3) is 2.43. The van der Waals surface area contributed by atoms with Gasteiger partial charge in [0.15, 0.2) is 0 Å². The Morgan fingerprint density at radius 2 is 1.69 bits per heavy atom. The van der Waals surface area contributed by atoms with Gasteiger partial charge in [0.1, 0.15) is 0 Å². The molecule has 0 aromatic heterocycles. The molecule has 4 N–H and O–H groups in total. The summed E-state index contributed by atoms with van der Waals surface area (Å²) < 4.78 is 0. The van der Waals surface area contributed by atoms with Crippen molar-refractivity contribution in [1.82, 2.24) is 0 Å². The Bertz CT molecular complexity index is 318. The van der Waals surface area contributed by atoms with Crippen molar-refractivity contribution in [3.8, 4) is 0 Å². The first-order chi connectivity index (χ1) is 7.68. The molecule has 1 aliphatic carbocycles. The van der Waals surface area contributed by atoms with Crippen molar-refractivity contribution >= 4 is 0 Å². The number of nitrogens with two attached hydrogens (primary N) is 1. The Morgan fingerprint density at radius 1 is 1.12 bits per heavy atom. The van der Waals surface area contributed by atoms with E-state index in [4.69, 9.17) is 5.73 Å². The molecular weight excluding hydrogens is 202 g/mol. The lowest BCUT2D eigenvalue weighted by Gasteiger charge is -2.25. The Balaban J connectivity index is 2.00. The lowest BCUT2D eigenvalue weighted by molar-refractivity contribution is 0.0503. The minimum absolute atomic E-state index is 0.171. The van der Waals surface area contributed by atoms with E-state index in [0.717, 1.165) is 5.56 Å². The summed E-state index contributed by atoms with van der Waals surface area (Å²) in [6.45, 7) is 0. The van der Waals surface area contributed by atoms with Gasteiger partial charge in [0.05, 0.1) is 12.2 Å². The molecule has 1 saturated carbocycles. The van der Waals surface area contributed by atoms with Gasteiger partial charge in [-0.25, -0.2) is 0 Å². The Kier molecular flexibility index (Phi) is 3.59. The molecule has 0 aliphatic heterocycles. The van der Waals surface area contributed by atoms with Crippen LogP contribution in [0.2, 0.25) is 0 Å². The molecule has 1 aliphatic rings. The maximum atomic E-state index is 9.77. The van der Waals surface area contributed by atoms with E-state index in [9.17, 15) is 10.2 Å². The van der Waals surface area contributed by atoms with Gasteiger partial charge >= 0.3 is 0 Å². The summed E-state index contributed by atoms with van der Waals surface area (Å²) in [6, 6.07) is 9.79. The van der Waals surface area contributed by atoms with Crippen LogP contribution in [-0.2, 0) is 6.42 Å². The van der Waals surface area contributed by atoms with Crippen LogP contribution >= 0.6 is 0 Å². The van der Waals surface area contributed by atoms with Crippen molar-refractivity contribution in [3.05, 3.63) is 35.9 Å². The number of aliphatic hydroxyl groups is 2. The van der Waals surface area contributed by atoms with Crippen LogP contribution in [0.25, 0.3) is 0 Å². The molecule has 0 bridgehead atoms. The zero-order valence-electron chi connectivity index (χ0n) is 9.29. The predicted molar refractivity (Wildman–Crippen MR) is 62.9 cm³/mol. The van der Waals surface area contributed by atoms with E-state index < -0.39 is 12.2 Å². The summed E-state index contributed by atoms with van der Waals surface area (Å²) in [5.41, 5.74) is 7.23. The molecule has 3 atom stereocenters. The number of hydrogen-bond donors (Lipinski definition) is 3. The number of rotatable bonds is 3. The van der Waals surface area contributed by atoms with Crippen LogP contribution in [0.1, 0.15) is 18.4 Å². The van der Waals surface area contributed by atoms with Gasteiger partial charge < -0.3 is 15.9 Å². The smallest absolute Gasteiger partial charge is 0.0609 e. The summed E-state index contributed by atoms with van der Waals surface area (Å²) in [5, 5.41) is 19.5. The molecule has 2 unspecified atom stereocenters. The summed E-state index contributed by atoms with van der Waals surface area (Å²) in [7, 11) is 0. The minimum atomic E-state index is -0.450. The number of benzene rings is 1. The van der Waals surface area contributed by atoms with Gasteiger partial charge in [0, 0.05) is 12.0 Å². The highest BCUT2D eigenvalue weighted by Crippen LogP contribution is 2.29. The van der Waals surface area contributed by atoms with E-state index in [2.05, 4.69) is 0 Å². The van der Waals surface area contributed by atoms with Crippen LogP contribution in [0.4, 0.5) is 0 Å². The van der Waals surface area contributed by atoms with E-state index in [0.29, 0.717) is 19.3 Å². The van der Waals surface area contributed by atoms with Gasteiger partial charge in [-0.1, -0.05) is 30.3 Å². The maximum absolute atomic E-state index is 9.77. The molecule has 1 fully saturated rings. The normalized spacial score (nSPS) is 31.6. The Hall–Kier alpha value is -0.900. The molecule has 0 heterocycles. The van der Waals surface area contributed by atoms with Crippen molar-refractivity contribution in [1.29, 1.82) is 0 Å². The maximum Gasteiger partial charge on any atom is 0.0609 e. The van der Waals surface area contributed by atoms with Gasteiger partial charge in [-0.05, 0) is 24.8 Å². The fourth-order valence-electron chi connectivity index (χ4n) is 2.58. The molecule has 0 amide bonds. The standard InChI is InChI=1S/C13H19NO2/c14-10(8-9-4-2-1-3-5-9)13-11(15)6-7-12(13)16/h1-5,10-13,15-16H,6-8,14H2/t10-,11?,12?,13?/m1/s1. The molecular formula is C13H19NO2. The van der Waals surface area contributed by atoms with Crippen molar-refractivity contribution in [2.45, 2.75) is 37.5 Å². The van der Waals surface area contributed by atoms with Crippen LogP contribution in [0.5, 0.6) is 0 Å². The molecule has 16 heavy (non-hydrogen) atoms. The second kappa shape index (κ2) is 4.95. The largest absolute Gasteiger partial charge is 0.393 e. The Labute approximate surface area is 95.9 Å². The van der Waals surface area contributed by atoms with Gasteiger partial charge in [-0.15, -0.1) is 0 Å². The summed E-state index contributed by atoms with van der Waals surface area (Å²) >= 11 is 0. The summed E-state index contributed by atoms with van der Waals surface area (Å²) in [4.78, 5) is 0. The highest BCUT2D eigenvalue weighted by Gasteiger charge is 2.37. The zero-order valence-corrected chi connectivity index (χ0v) is 9.29. The molecule has 0 spiro atoms. The monoisotopic (exact) mass is 221 g/mol. The number of hydrogen-bond acceptors (Lipinski definition) is 3. The molecule has 0 saturated heterocycles. The van der Waals surface area contributed by atoms with E-state index in [-0.39, 0.29) is 12.0 Å². The van der Waals surface area contributed by atoms with E-state index in [1.165, 1.54) is 0 Å². The first-order valence-electron chi connectivity index (χ1n) is 5.84. The van der Waals surface area contributed by atoms with Crippen molar-refractivity contribution in [2.24, 2.45) is 11.7 Å². The van der Waals surface area contributed by atoms with Gasteiger partial charge in [0.2, 0.25) is 0 Å². The topological polar surface area (TPSA) is 66.5 Å². The second-order valence-electron chi connectivity index (χ2n) is 4.64. The molecule has 3 nitrogen and oxygen atoms in total. The van der Waals surface area contributed by atoms with Gasteiger partial charge in [0.25, 0.3) is 0 Å². The number of aliphatic hydroxyl groups excluding tert-OH is 2. The first-order valence-corrected chi connectivity index (χ1v) is 5.84. The molecule has 0 radical (unpaired) electrons. The van der Waals surface area contributed by atoms with Crippen molar-refractivity contribution < 1.29 is 10.2 Å². The van der Waals surface area contributed by atoms with Gasteiger partial charge in [-0.3, -0.25) is 0 Å².